The van der Waals surface area contributed by atoms with Crippen LogP contribution in [0.3, 0.4) is 0 Å². The highest BCUT2D eigenvalue weighted by atomic mass is 127. The van der Waals surface area contributed by atoms with Crippen LogP contribution in [-0.2, 0) is 4.84 Å². The normalized spacial score (nSPS) is 11.4. The maximum Gasteiger partial charge on any atom is 0.277 e. The number of carbonyl (C=O) groups excluding carboxylic acids is 1. The minimum absolute atomic E-state index is 0.0273. The molecule has 0 aliphatic carbocycles. The fourth-order valence-corrected chi connectivity index (χ4v) is 2.87. The number of nitrogens with one attached hydrogen (secondary N) is 2. The van der Waals surface area contributed by atoms with Gasteiger partial charge in [-0.2, -0.15) is 0 Å². The van der Waals surface area contributed by atoms with Crippen molar-refractivity contribution >= 4 is 51.5 Å². The molecule has 1 amide bonds. The zero-order valence-electron chi connectivity index (χ0n) is 14.6. The van der Waals surface area contributed by atoms with Crippen molar-refractivity contribution in [2.45, 2.75) is 13.8 Å². The first-order valence-corrected chi connectivity index (χ1v) is 9.33. The minimum atomic E-state index is -1.17. The van der Waals surface area contributed by atoms with E-state index in [1.807, 2.05) is 0 Å². The van der Waals surface area contributed by atoms with Gasteiger partial charge in [-0.25, -0.2) is 14.3 Å². The molecule has 0 bridgehead atoms. The lowest BCUT2D eigenvalue weighted by atomic mass is 9.97. The van der Waals surface area contributed by atoms with Gasteiger partial charge in [0.15, 0.2) is 11.6 Å². The molecule has 27 heavy (non-hydrogen) atoms. The van der Waals surface area contributed by atoms with E-state index in [0.717, 1.165) is 15.7 Å². The summed E-state index contributed by atoms with van der Waals surface area (Å²) in [6, 6.07) is 6.76. The lowest BCUT2D eigenvalue weighted by Gasteiger charge is -2.21. The molecule has 146 valence electrons. The molecular weight excluding hydrogens is 493 g/mol. The molecule has 0 aliphatic rings. The zero-order chi connectivity index (χ0) is 20.2. The van der Waals surface area contributed by atoms with E-state index in [1.165, 1.54) is 0 Å². The lowest BCUT2D eigenvalue weighted by molar-refractivity contribution is -0.0197. The van der Waals surface area contributed by atoms with Gasteiger partial charge in [0.2, 0.25) is 0 Å². The average Bonchev–Trinajstić information content (AvgIpc) is 2.60. The van der Waals surface area contributed by atoms with E-state index >= 15 is 0 Å². The summed E-state index contributed by atoms with van der Waals surface area (Å²) in [5.74, 6) is -3.06. The van der Waals surface area contributed by atoms with Crippen molar-refractivity contribution in [2.75, 3.05) is 18.5 Å². The van der Waals surface area contributed by atoms with E-state index in [0.29, 0.717) is 10.7 Å². The Morgan fingerprint density at radius 1 is 1.22 bits per heavy atom. The molecule has 0 radical (unpaired) electrons. The van der Waals surface area contributed by atoms with E-state index in [-0.39, 0.29) is 24.5 Å². The van der Waals surface area contributed by atoms with Crippen molar-refractivity contribution in [1.82, 2.24) is 5.48 Å². The summed E-state index contributed by atoms with van der Waals surface area (Å²) in [6.07, 6.45) is 0. The van der Waals surface area contributed by atoms with Gasteiger partial charge in [-0.3, -0.25) is 9.63 Å². The third-order valence-corrected chi connectivity index (χ3v) is 4.55. The third-order valence-electron chi connectivity index (χ3n) is 3.56. The topological polar surface area (TPSA) is 70.6 Å². The number of hydrogen-bond acceptors (Lipinski definition) is 4. The molecule has 2 rings (SSSR count). The second-order valence-electron chi connectivity index (χ2n) is 6.60. The van der Waals surface area contributed by atoms with Crippen molar-refractivity contribution < 1.29 is 23.5 Å². The Kier molecular flexibility index (Phi) is 7.38. The van der Waals surface area contributed by atoms with Crippen molar-refractivity contribution in [3.63, 3.8) is 0 Å². The van der Waals surface area contributed by atoms with E-state index in [9.17, 15) is 18.7 Å². The maximum atomic E-state index is 13.7. The molecule has 0 aromatic heterocycles. The molecular formula is C18H18ClF2IN2O3. The van der Waals surface area contributed by atoms with Crippen molar-refractivity contribution in [3.05, 3.63) is 56.1 Å². The van der Waals surface area contributed by atoms with E-state index in [1.54, 1.807) is 32.0 Å². The van der Waals surface area contributed by atoms with Crippen LogP contribution in [0.15, 0.2) is 30.3 Å². The Balaban J connectivity index is 2.25. The number of halogens is 4. The number of aliphatic hydroxyl groups excluding tert-OH is 1. The molecule has 0 saturated carbocycles. The molecule has 9 heteroatoms. The Labute approximate surface area is 174 Å². The van der Waals surface area contributed by atoms with Gasteiger partial charge < -0.3 is 10.4 Å². The summed E-state index contributed by atoms with van der Waals surface area (Å²) >= 11 is 8.23. The van der Waals surface area contributed by atoms with Gasteiger partial charge >= 0.3 is 0 Å². The number of hydroxylamine groups is 1. The largest absolute Gasteiger partial charge is 0.396 e. The lowest BCUT2D eigenvalue weighted by Crippen LogP contribution is -2.32. The van der Waals surface area contributed by atoms with E-state index in [4.69, 9.17) is 16.4 Å². The fraction of sp³-hybridized carbons (Fsp3) is 0.278. The van der Waals surface area contributed by atoms with Gasteiger partial charge in [0.05, 0.1) is 35.2 Å². The van der Waals surface area contributed by atoms with Gasteiger partial charge in [-0.1, -0.05) is 25.4 Å². The molecule has 0 atom stereocenters. The predicted molar refractivity (Wildman–Crippen MR) is 108 cm³/mol. The van der Waals surface area contributed by atoms with Gasteiger partial charge in [-0.15, -0.1) is 0 Å². The Bertz CT molecular complexity index is 850. The van der Waals surface area contributed by atoms with Crippen LogP contribution in [0.5, 0.6) is 0 Å². The van der Waals surface area contributed by atoms with Crippen LogP contribution in [0.25, 0.3) is 0 Å². The number of hydrogen-bond donors (Lipinski definition) is 3. The van der Waals surface area contributed by atoms with Gasteiger partial charge in [-0.05, 0) is 46.9 Å². The highest BCUT2D eigenvalue weighted by molar-refractivity contribution is 14.1. The molecule has 0 aliphatic heterocycles. The third kappa shape index (κ3) is 6.00. The minimum Gasteiger partial charge on any atom is -0.396 e. The molecule has 0 fully saturated rings. The van der Waals surface area contributed by atoms with Crippen LogP contribution in [0, 0.1) is 20.6 Å². The highest BCUT2D eigenvalue weighted by Crippen LogP contribution is 2.30. The maximum absolute atomic E-state index is 13.7. The first-order chi connectivity index (χ1) is 12.6. The molecule has 0 saturated heterocycles. The molecule has 3 N–H and O–H groups in total. The quantitative estimate of drug-likeness (QED) is 0.375. The summed E-state index contributed by atoms with van der Waals surface area (Å²) in [4.78, 5) is 17.5. The predicted octanol–water partition coefficient (Wildman–Crippen LogP) is 4.65. The van der Waals surface area contributed by atoms with Crippen LogP contribution in [0.2, 0.25) is 5.02 Å². The van der Waals surface area contributed by atoms with Crippen LogP contribution >= 0.6 is 34.2 Å². The molecule has 5 nitrogen and oxygen atoms in total. The summed E-state index contributed by atoms with van der Waals surface area (Å²) in [6.45, 7) is 3.36. The summed E-state index contributed by atoms with van der Waals surface area (Å²) in [5, 5.41) is 12.4. The number of anilines is 2. The molecule has 2 aromatic rings. The van der Waals surface area contributed by atoms with E-state index < -0.39 is 23.0 Å². The van der Waals surface area contributed by atoms with Gasteiger partial charge in [0.25, 0.3) is 5.91 Å². The molecule has 0 unspecified atom stereocenters. The van der Waals surface area contributed by atoms with Crippen LogP contribution in [-0.4, -0.2) is 24.2 Å². The molecule has 0 heterocycles. The molecule has 0 spiro atoms. The SMILES string of the molecule is CC(C)(CO)CONC(=O)c1cc(F)c(F)cc1Nc1ccc(I)cc1Cl. The Morgan fingerprint density at radius 3 is 2.52 bits per heavy atom. The van der Waals surface area contributed by atoms with Crippen molar-refractivity contribution in [3.8, 4) is 0 Å². The average molecular weight is 511 g/mol. The van der Waals surface area contributed by atoms with Gasteiger partial charge in [0, 0.05) is 15.1 Å². The first-order valence-electron chi connectivity index (χ1n) is 7.87. The van der Waals surface area contributed by atoms with Crippen molar-refractivity contribution in [1.29, 1.82) is 0 Å². The number of rotatable bonds is 7. The Hall–Kier alpha value is -1.49. The highest BCUT2D eigenvalue weighted by Gasteiger charge is 2.20. The second-order valence-corrected chi connectivity index (χ2v) is 8.26. The first kappa shape index (κ1) is 21.8. The number of carbonyl (C=O) groups is 1. The number of aliphatic hydroxyl groups is 1. The second kappa shape index (κ2) is 9.13. The fourth-order valence-electron chi connectivity index (χ4n) is 1.97. The monoisotopic (exact) mass is 510 g/mol. The molecule has 2 aromatic carbocycles. The summed E-state index contributed by atoms with van der Waals surface area (Å²) in [7, 11) is 0. The van der Waals surface area contributed by atoms with Crippen LogP contribution in [0.4, 0.5) is 20.2 Å². The summed E-state index contributed by atoms with van der Waals surface area (Å²) in [5.41, 5.74) is 1.90. The zero-order valence-corrected chi connectivity index (χ0v) is 17.5. The van der Waals surface area contributed by atoms with Crippen molar-refractivity contribution in [2.24, 2.45) is 5.41 Å². The van der Waals surface area contributed by atoms with E-state index in [2.05, 4.69) is 33.4 Å². The smallest absolute Gasteiger partial charge is 0.277 e. The van der Waals surface area contributed by atoms with Crippen LogP contribution < -0.4 is 10.8 Å². The van der Waals surface area contributed by atoms with Gasteiger partial charge in [0.1, 0.15) is 0 Å². The number of benzene rings is 2. The Morgan fingerprint density at radius 2 is 1.89 bits per heavy atom. The standard InChI is InChI=1S/C18H18ClF2IN2O3/c1-18(2,8-25)9-27-24-17(26)11-6-13(20)14(21)7-16(11)23-15-4-3-10(22)5-12(15)19/h3-7,23,25H,8-9H2,1-2H3,(H,24,26). The summed E-state index contributed by atoms with van der Waals surface area (Å²) < 4.78 is 28.3. The van der Waals surface area contributed by atoms with Crippen LogP contribution in [0.1, 0.15) is 24.2 Å². The number of amides is 1.